The molecule has 2 aromatic carbocycles. The van der Waals surface area contributed by atoms with Crippen LogP contribution in [0.25, 0.3) is 10.8 Å². The molecule has 0 aliphatic rings. The number of benzene rings is 2. The van der Waals surface area contributed by atoms with Crippen molar-refractivity contribution in [1.29, 1.82) is 0 Å². The standard InChI is InChI=1S/C17H15Cl2NO/c1-17(2,12-6-4-3-5-7-12)20-10-11-8-9-13(18)15(19)14(11)16(20)21/h3-10,21H,1-2H3. The Bertz CT molecular complexity index is 807. The molecule has 0 amide bonds. The van der Waals surface area contributed by atoms with Gasteiger partial charge < -0.3 is 9.67 Å². The molecule has 0 spiro atoms. The third kappa shape index (κ3) is 2.19. The van der Waals surface area contributed by atoms with Crippen LogP contribution in [-0.4, -0.2) is 9.67 Å². The van der Waals surface area contributed by atoms with Crippen LogP contribution in [0.1, 0.15) is 19.4 Å². The van der Waals surface area contributed by atoms with E-state index in [1.807, 2.05) is 47.2 Å². The Morgan fingerprint density at radius 2 is 1.67 bits per heavy atom. The van der Waals surface area contributed by atoms with Gasteiger partial charge >= 0.3 is 0 Å². The van der Waals surface area contributed by atoms with E-state index in [1.165, 1.54) is 0 Å². The Kier molecular flexibility index (Phi) is 3.39. The SMILES string of the molecule is CC(C)(c1ccccc1)n1cc2ccc(Cl)c(Cl)c2c1O. The summed E-state index contributed by atoms with van der Waals surface area (Å²) in [4.78, 5) is 0. The second-order valence-corrected chi connectivity index (χ2v) is 6.36. The van der Waals surface area contributed by atoms with E-state index in [0.29, 0.717) is 15.4 Å². The van der Waals surface area contributed by atoms with Gasteiger partial charge in [-0.15, -0.1) is 0 Å². The predicted molar refractivity (Wildman–Crippen MR) is 88.5 cm³/mol. The third-order valence-corrected chi connectivity index (χ3v) is 4.73. The minimum Gasteiger partial charge on any atom is -0.494 e. The van der Waals surface area contributed by atoms with E-state index in [4.69, 9.17) is 23.2 Å². The molecule has 0 atom stereocenters. The van der Waals surface area contributed by atoms with Crippen LogP contribution in [-0.2, 0) is 5.54 Å². The number of aromatic nitrogens is 1. The zero-order chi connectivity index (χ0) is 15.2. The van der Waals surface area contributed by atoms with E-state index >= 15 is 0 Å². The lowest BCUT2D eigenvalue weighted by molar-refractivity contribution is 0.350. The van der Waals surface area contributed by atoms with Crippen molar-refractivity contribution < 1.29 is 5.11 Å². The number of nitrogens with zero attached hydrogens (tertiary/aromatic N) is 1. The molecule has 21 heavy (non-hydrogen) atoms. The summed E-state index contributed by atoms with van der Waals surface area (Å²) in [5, 5.41) is 12.9. The normalized spacial score (nSPS) is 12.0. The molecule has 1 N–H and O–H groups in total. The summed E-state index contributed by atoms with van der Waals surface area (Å²) in [7, 11) is 0. The third-order valence-electron chi connectivity index (χ3n) is 3.93. The second-order valence-electron chi connectivity index (χ2n) is 5.57. The van der Waals surface area contributed by atoms with Crippen LogP contribution in [0.3, 0.4) is 0 Å². The molecule has 1 aromatic heterocycles. The van der Waals surface area contributed by atoms with Crippen LogP contribution < -0.4 is 0 Å². The highest BCUT2D eigenvalue weighted by Gasteiger charge is 2.27. The summed E-state index contributed by atoms with van der Waals surface area (Å²) < 4.78 is 1.83. The predicted octanol–water partition coefficient (Wildman–Crippen LogP) is 5.44. The second kappa shape index (κ2) is 4.97. The smallest absolute Gasteiger partial charge is 0.201 e. The molecule has 0 bridgehead atoms. The average molecular weight is 320 g/mol. The Balaban J connectivity index is 2.26. The Hall–Kier alpha value is -1.64. The Morgan fingerprint density at radius 3 is 2.33 bits per heavy atom. The molecule has 0 saturated heterocycles. The molecule has 0 radical (unpaired) electrons. The van der Waals surface area contributed by atoms with Gasteiger partial charge in [-0.1, -0.05) is 59.6 Å². The maximum absolute atomic E-state index is 10.6. The van der Waals surface area contributed by atoms with E-state index in [-0.39, 0.29) is 5.88 Å². The molecule has 1 heterocycles. The van der Waals surface area contributed by atoms with Crippen LogP contribution in [0.4, 0.5) is 0 Å². The first-order valence-corrected chi connectivity index (χ1v) is 7.42. The fraction of sp³-hybridized carbons (Fsp3) is 0.176. The molecule has 4 heteroatoms. The van der Waals surface area contributed by atoms with Crippen molar-refractivity contribution in [1.82, 2.24) is 4.57 Å². The number of hydrogen-bond acceptors (Lipinski definition) is 1. The Morgan fingerprint density at radius 1 is 1.00 bits per heavy atom. The minimum absolute atomic E-state index is 0.131. The highest BCUT2D eigenvalue weighted by atomic mass is 35.5. The van der Waals surface area contributed by atoms with Crippen LogP contribution >= 0.6 is 23.2 Å². The number of halogens is 2. The molecule has 108 valence electrons. The number of aromatic hydroxyl groups is 1. The first-order valence-electron chi connectivity index (χ1n) is 6.67. The van der Waals surface area contributed by atoms with Gasteiger partial charge in [0.1, 0.15) is 0 Å². The van der Waals surface area contributed by atoms with Crippen LogP contribution in [0.5, 0.6) is 5.88 Å². The monoisotopic (exact) mass is 319 g/mol. The van der Waals surface area contributed by atoms with Gasteiger partial charge in [0.05, 0.1) is 21.0 Å². The van der Waals surface area contributed by atoms with E-state index in [2.05, 4.69) is 13.8 Å². The zero-order valence-electron chi connectivity index (χ0n) is 11.8. The number of rotatable bonds is 2. The van der Waals surface area contributed by atoms with Gasteiger partial charge in [-0.2, -0.15) is 0 Å². The molecule has 0 fully saturated rings. The van der Waals surface area contributed by atoms with Crippen LogP contribution in [0.2, 0.25) is 10.0 Å². The summed E-state index contributed by atoms with van der Waals surface area (Å²) >= 11 is 12.3. The molecule has 0 aliphatic heterocycles. The molecular weight excluding hydrogens is 305 g/mol. The molecule has 0 aliphatic carbocycles. The van der Waals surface area contributed by atoms with E-state index < -0.39 is 5.54 Å². The van der Waals surface area contributed by atoms with Crippen molar-refractivity contribution in [3.63, 3.8) is 0 Å². The van der Waals surface area contributed by atoms with E-state index in [9.17, 15) is 5.11 Å². The van der Waals surface area contributed by atoms with Crippen molar-refractivity contribution in [3.05, 3.63) is 64.3 Å². The molecule has 0 saturated carbocycles. The number of fused-ring (bicyclic) bond motifs is 1. The Labute approximate surface area is 133 Å². The lowest BCUT2D eigenvalue weighted by Gasteiger charge is -2.28. The molecule has 0 unspecified atom stereocenters. The van der Waals surface area contributed by atoms with E-state index in [0.717, 1.165) is 10.9 Å². The quantitative estimate of drug-likeness (QED) is 0.668. The first kappa shape index (κ1) is 14.3. The summed E-state index contributed by atoms with van der Waals surface area (Å²) in [6.07, 6.45) is 1.90. The molecular formula is C17H15Cl2NO. The fourth-order valence-electron chi connectivity index (χ4n) is 2.63. The van der Waals surface area contributed by atoms with Gasteiger partial charge in [0.25, 0.3) is 0 Å². The van der Waals surface area contributed by atoms with E-state index in [1.54, 1.807) is 6.07 Å². The van der Waals surface area contributed by atoms with Crippen LogP contribution in [0.15, 0.2) is 48.7 Å². The minimum atomic E-state index is -0.403. The summed E-state index contributed by atoms with van der Waals surface area (Å²) in [6, 6.07) is 13.6. The lowest BCUT2D eigenvalue weighted by Crippen LogP contribution is -2.26. The summed E-state index contributed by atoms with van der Waals surface area (Å²) in [5.41, 5.74) is 0.697. The maximum atomic E-state index is 10.6. The van der Waals surface area contributed by atoms with Gasteiger partial charge in [-0.3, -0.25) is 0 Å². The summed E-state index contributed by atoms with van der Waals surface area (Å²) in [5.74, 6) is 0.131. The highest BCUT2D eigenvalue weighted by Crippen LogP contribution is 2.41. The largest absolute Gasteiger partial charge is 0.494 e. The molecule has 2 nitrogen and oxygen atoms in total. The maximum Gasteiger partial charge on any atom is 0.201 e. The average Bonchev–Trinajstić information content (AvgIpc) is 2.82. The van der Waals surface area contributed by atoms with Gasteiger partial charge in [0.15, 0.2) is 0 Å². The van der Waals surface area contributed by atoms with Crippen LogP contribution in [0, 0.1) is 0 Å². The van der Waals surface area contributed by atoms with Gasteiger partial charge in [0.2, 0.25) is 5.88 Å². The highest BCUT2D eigenvalue weighted by molar-refractivity contribution is 6.45. The van der Waals surface area contributed by atoms with Gasteiger partial charge in [-0.25, -0.2) is 0 Å². The van der Waals surface area contributed by atoms with Crippen molar-refractivity contribution >= 4 is 34.0 Å². The lowest BCUT2D eigenvalue weighted by atomic mass is 9.94. The topological polar surface area (TPSA) is 25.2 Å². The van der Waals surface area contributed by atoms with Gasteiger partial charge in [-0.05, 0) is 25.5 Å². The molecule has 3 aromatic rings. The fourth-order valence-corrected chi connectivity index (χ4v) is 3.05. The van der Waals surface area contributed by atoms with Crippen molar-refractivity contribution in [2.75, 3.05) is 0 Å². The van der Waals surface area contributed by atoms with Crippen molar-refractivity contribution in [2.45, 2.75) is 19.4 Å². The van der Waals surface area contributed by atoms with Gasteiger partial charge in [0, 0.05) is 11.6 Å². The first-order chi connectivity index (χ1) is 9.93. The van der Waals surface area contributed by atoms with Crippen molar-refractivity contribution in [2.24, 2.45) is 0 Å². The zero-order valence-corrected chi connectivity index (χ0v) is 13.3. The molecule has 3 rings (SSSR count). The number of hydrogen-bond donors (Lipinski definition) is 1. The summed E-state index contributed by atoms with van der Waals surface area (Å²) in [6.45, 7) is 4.10. The van der Waals surface area contributed by atoms with Crippen molar-refractivity contribution in [3.8, 4) is 5.88 Å².